The number of rotatable bonds is 4. The molecule has 0 amide bonds. The number of hydrogen-bond acceptors (Lipinski definition) is 6. The average molecular weight is 238 g/mol. The standard InChI is InChI=1S/C6H6O6S2/c7-11-12-13-5-2-1-3-6(4-5)14(8,9)10/h1-4,7H,(H,8,9,10). The maximum Gasteiger partial charge on any atom is 0.294 e. The van der Waals surface area contributed by atoms with E-state index in [4.69, 9.17) is 9.81 Å². The fourth-order valence-corrected chi connectivity index (χ4v) is 1.76. The summed E-state index contributed by atoms with van der Waals surface area (Å²) < 4.78 is 34.1. The Hall–Kier alpha value is -0.640. The Balaban J connectivity index is 2.90. The monoisotopic (exact) mass is 238 g/mol. The van der Waals surface area contributed by atoms with Crippen molar-refractivity contribution in [1.29, 1.82) is 0 Å². The molecule has 0 unspecified atom stereocenters. The van der Waals surface area contributed by atoms with E-state index in [0.717, 1.165) is 0 Å². The summed E-state index contributed by atoms with van der Waals surface area (Å²) in [5.41, 5.74) is 0. The molecule has 78 valence electrons. The van der Waals surface area contributed by atoms with E-state index >= 15 is 0 Å². The normalized spacial score (nSPS) is 11.6. The maximum absolute atomic E-state index is 10.7. The van der Waals surface area contributed by atoms with E-state index in [-0.39, 0.29) is 4.90 Å². The second-order valence-corrected chi connectivity index (χ2v) is 4.37. The van der Waals surface area contributed by atoms with Crippen LogP contribution in [0.4, 0.5) is 0 Å². The third-order valence-electron chi connectivity index (χ3n) is 1.26. The summed E-state index contributed by atoms with van der Waals surface area (Å²) in [6.07, 6.45) is 0. The minimum atomic E-state index is -4.22. The lowest BCUT2D eigenvalue weighted by molar-refractivity contribution is -0.432. The Labute approximate surface area is 84.3 Å². The van der Waals surface area contributed by atoms with Crippen molar-refractivity contribution in [2.24, 2.45) is 0 Å². The Bertz CT molecular complexity index is 401. The van der Waals surface area contributed by atoms with Gasteiger partial charge in [-0.3, -0.25) is 4.55 Å². The quantitative estimate of drug-likeness (QED) is 0.354. The largest absolute Gasteiger partial charge is 0.294 e. The van der Waals surface area contributed by atoms with Crippen LogP contribution in [-0.4, -0.2) is 18.2 Å². The molecule has 0 atom stereocenters. The Morgan fingerprint density at radius 1 is 1.36 bits per heavy atom. The van der Waals surface area contributed by atoms with Crippen molar-refractivity contribution in [1.82, 2.24) is 0 Å². The molecule has 14 heavy (non-hydrogen) atoms. The van der Waals surface area contributed by atoms with Gasteiger partial charge < -0.3 is 0 Å². The second kappa shape index (κ2) is 4.73. The van der Waals surface area contributed by atoms with Crippen LogP contribution in [0.1, 0.15) is 0 Å². The molecular weight excluding hydrogens is 232 g/mol. The van der Waals surface area contributed by atoms with Crippen molar-refractivity contribution in [3.8, 4) is 0 Å². The molecule has 0 bridgehead atoms. The Kier molecular flexibility index (Phi) is 3.86. The SMILES string of the molecule is O=S(=O)(O)c1cccc(SOOO)c1. The van der Waals surface area contributed by atoms with Gasteiger partial charge in [-0.2, -0.15) is 8.42 Å². The topological polar surface area (TPSA) is 93.1 Å². The second-order valence-electron chi connectivity index (χ2n) is 2.18. The van der Waals surface area contributed by atoms with Gasteiger partial charge in [0.15, 0.2) is 0 Å². The molecule has 6 nitrogen and oxygen atoms in total. The third kappa shape index (κ3) is 3.25. The Morgan fingerprint density at radius 3 is 2.64 bits per heavy atom. The van der Waals surface area contributed by atoms with Gasteiger partial charge in [0.1, 0.15) is 0 Å². The van der Waals surface area contributed by atoms with Crippen LogP contribution in [0.5, 0.6) is 0 Å². The van der Waals surface area contributed by atoms with Gasteiger partial charge in [-0.1, -0.05) is 11.1 Å². The molecule has 1 aromatic carbocycles. The van der Waals surface area contributed by atoms with Crippen LogP contribution in [0.15, 0.2) is 34.1 Å². The van der Waals surface area contributed by atoms with E-state index in [9.17, 15) is 8.42 Å². The van der Waals surface area contributed by atoms with Gasteiger partial charge in [-0.25, -0.2) is 5.26 Å². The molecule has 2 N–H and O–H groups in total. The molecule has 0 aliphatic rings. The summed E-state index contributed by atoms with van der Waals surface area (Å²) in [5.74, 6) is 0. The molecule has 8 heteroatoms. The highest BCUT2D eigenvalue weighted by atomic mass is 32.2. The zero-order chi connectivity index (χ0) is 10.6. The van der Waals surface area contributed by atoms with E-state index in [1.807, 2.05) is 0 Å². The fraction of sp³-hybridized carbons (Fsp3) is 0. The van der Waals surface area contributed by atoms with E-state index in [1.165, 1.54) is 24.3 Å². The molecule has 0 aliphatic carbocycles. The van der Waals surface area contributed by atoms with E-state index in [1.54, 1.807) is 0 Å². The van der Waals surface area contributed by atoms with E-state index in [0.29, 0.717) is 16.9 Å². The van der Waals surface area contributed by atoms with Gasteiger partial charge in [-0.05, 0) is 18.2 Å². The zero-order valence-electron chi connectivity index (χ0n) is 6.65. The molecule has 0 aromatic heterocycles. The average Bonchev–Trinajstić information content (AvgIpc) is 2.14. The summed E-state index contributed by atoms with van der Waals surface area (Å²) in [6.45, 7) is 0. The number of hydrogen-bond donors (Lipinski definition) is 2. The molecule has 0 aliphatic heterocycles. The van der Waals surface area contributed by atoms with Crippen molar-refractivity contribution in [3.63, 3.8) is 0 Å². The molecular formula is C6H6O6S2. The van der Waals surface area contributed by atoms with Crippen molar-refractivity contribution < 1.29 is 27.6 Å². The third-order valence-corrected chi connectivity index (χ3v) is 2.69. The molecule has 0 radical (unpaired) electrons. The first-order valence-electron chi connectivity index (χ1n) is 3.26. The van der Waals surface area contributed by atoms with Crippen molar-refractivity contribution in [2.45, 2.75) is 9.79 Å². The first-order chi connectivity index (χ1) is 6.54. The first kappa shape index (κ1) is 11.4. The van der Waals surface area contributed by atoms with E-state index in [2.05, 4.69) is 9.37 Å². The summed E-state index contributed by atoms with van der Waals surface area (Å²) in [5, 5.41) is 11.2. The first-order valence-corrected chi connectivity index (χ1v) is 5.44. The lowest BCUT2D eigenvalue weighted by atomic mass is 10.4. The van der Waals surface area contributed by atoms with Crippen molar-refractivity contribution in [2.75, 3.05) is 0 Å². The van der Waals surface area contributed by atoms with Gasteiger partial charge >= 0.3 is 0 Å². The highest BCUT2D eigenvalue weighted by Crippen LogP contribution is 2.21. The van der Waals surface area contributed by atoms with Crippen LogP contribution < -0.4 is 0 Å². The minimum Gasteiger partial charge on any atom is -0.282 e. The summed E-state index contributed by atoms with van der Waals surface area (Å²) in [4.78, 5) is 0.0956. The summed E-state index contributed by atoms with van der Waals surface area (Å²) >= 11 is 0.603. The fourth-order valence-electron chi connectivity index (χ4n) is 0.741. The number of benzene rings is 1. The highest BCUT2D eigenvalue weighted by Gasteiger charge is 2.09. The molecule has 0 spiro atoms. The molecule has 1 aromatic rings. The molecule has 0 saturated heterocycles. The van der Waals surface area contributed by atoms with Crippen LogP contribution in [-0.2, 0) is 19.5 Å². The lowest BCUT2D eigenvalue weighted by Gasteiger charge is -1.99. The minimum absolute atomic E-state index is 0.260. The maximum atomic E-state index is 10.7. The summed E-state index contributed by atoms with van der Waals surface area (Å²) in [7, 11) is -4.22. The predicted molar refractivity (Wildman–Crippen MR) is 46.9 cm³/mol. The van der Waals surface area contributed by atoms with Gasteiger partial charge in [0.25, 0.3) is 10.1 Å². The summed E-state index contributed by atoms with van der Waals surface area (Å²) in [6, 6.07) is 5.31. The van der Waals surface area contributed by atoms with Gasteiger partial charge in [0.05, 0.1) is 16.9 Å². The highest BCUT2D eigenvalue weighted by molar-refractivity contribution is 7.94. The smallest absolute Gasteiger partial charge is 0.282 e. The lowest BCUT2D eigenvalue weighted by Crippen LogP contribution is -1.97. The van der Waals surface area contributed by atoms with Gasteiger partial charge in [0, 0.05) is 4.90 Å². The van der Waals surface area contributed by atoms with Crippen LogP contribution in [0.2, 0.25) is 0 Å². The van der Waals surface area contributed by atoms with Crippen molar-refractivity contribution >= 4 is 22.2 Å². The zero-order valence-corrected chi connectivity index (χ0v) is 8.29. The van der Waals surface area contributed by atoms with Crippen molar-refractivity contribution in [3.05, 3.63) is 24.3 Å². The molecule has 0 fully saturated rings. The molecule has 1 rings (SSSR count). The van der Waals surface area contributed by atoms with Gasteiger partial charge in [0.2, 0.25) is 0 Å². The predicted octanol–water partition coefficient (Wildman–Crippen LogP) is 1.36. The molecule has 0 heterocycles. The van der Waals surface area contributed by atoms with Crippen LogP contribution in [0.25, 0.3) is 0 Å². The van der Waals surface area contributed by atoms with E-state index < -0.39 is 10.1 Å². The van der Waals surface area contributed by atoms with Gasteiger partial charge in [-0.15, -0.1) is 4.33 Å². The molecule has 0 saturated carbocycles. The van der Waals surface area contributed by atoms with Crippen LogP contribution in [0.3, 0.4) is 0 Å². The van der Waals surface area contributed by atoms with Crippen LogP contribution >= 0.6 is 12.0 Å². The van der Waals surface area contributed by atoms with Crippen LogP contribution in [0, 0.1) is 0 Å². The Morgan fingerprint density at radius 2 is 2.07 bits per heavy atom.